The Bertz CT molecular complexity index is 834. The molecular weight excluding hydrogens is 343 g/mol. The Hall–Kier alpha value is -2.40. The number of benzene rings is 2. The summed E-state index contributed by atoms with van der Waals surface area (Å²) in [5.74, 6) is -1.24. The molecule has 1 saturated carbocycles. The van der Waals surface area contributed by atoms with Gasteiger partial charge in [-0.05, 0) is 49.1 Å². The quantitative estimate of drug-likeness (QED) is 0.796. The number of hydrogen-bond acceptors (Lipinski definition) is 2. The summed E-state index contributed by atoms with van der Waals surface area (Å²) in [6.45, 7) is 2.35. The number of hydrogen-bond donors (Lipinski definition) is 2. The lowest BCUT2D eigenvalue weighted by molar-refractivity contribution is -0.134. The maximum absolute atomic E-state index is 13.2. The standard InChI is InChI=1S/C19H18ClFN2O2/c1-12-4-2-3-5-13(12)11-22-17(24)19(8-9-19)18(25)23-14-6-7-16(21)15(20)10-14/h2-7,10H,8-9,11H2,1H3,(H,22,24)(H,23,25). The van der Waals surface area contributed by atoms with Gasteiger partial charge < -0.3 is 10.6 Å². The van der Waals surface area contributed by atoms with Crippen LogP contribution in [-0.4, -0.2) is 11.8 Å². The van der Waals surface area contributed by atoms with Crippen LogP contribution in [0.5, 0.6) is 0 Å². The van der Waals surface area contributed by atoms with Crippen molar-refractivity contribution in [2.24, 2.45) is 5.41 Å². The van der Waals surface area contributed by atoms with Gasteiger partial charge in [0, 0.05) is 12.2 Å². The summed E-state index contributed by atoms with van der Waals surface area (Å²) in [6.07, 6.45) is 0.987. The van der Waals surface area contributed by atoms with Crippen LogP contribution in [0.4, 0.5) is 10.1 Å². The van der Waals surface area contributed by atoms with Gasteiger partial charge in [0.05, 0.1) is 5.02 Å². The number of halogens is 2. The molecule has 1 fully saturated rings. The highest BCUT2D eigenvalue weighted by Gasteiger charge is 2.56. The molecule has 0 unspecified atom stereocenters. The maximum atomic E-state index is 13.2. The van der Waals surface area contributed by atoms with E-state index < -0.39 is 17.1 Å². The Morgan fingerprint density at radius 2 is 1.88 bits per heavy atom. The SMILES string of the molecule is Cc1ccccc1CNC(=O)C1(C(=O)Nc2ccc(F)c(Cl)c2)CC1. The number of rotatable bonds is 5. The highest BCUT2D eigenvalue weighted by Crippen LogP contribution is 2.47. The van der Waals surface area contributed by atoms with Gasteiger partial charge in [0.15, 0.2) is 0 Å². The summed E-state index contributed by atoms with van der Waals surface area (Å²) in [5.41, 5.74) is 1.41. The van der Waals surface area contributed by atoms with Gasteiger partial charge in [-0.3, -0.25) is 9.59 Å². The Morgan fingerprint density at radius 1 is 1.16 bits per heavy atom. The van der Waals surface area contributed by atoms with Gasteiger partial charge >= 0.3 is 0 Å². The number of nitrogens with one attached hydrogen (secondary N) is 2. The first kappa shape index (κ1) is 17.4. The molecule has 2 amide bonds. The van der Waals surface area contributed by atoms with Crippen molar-refractivity contribution >= 4 is 29.1 Å². The molecule has 1 aliphatic carbocycles. The Labute approximate surface area is 150 Å². The lowest BCUT2D eigenvalue weighted by Gasteiger charge is -2.16. The highest BCUT2D eigenvalue weighted by atomic mass is 35.5. The van der Waals surface area contributed by atoms with Crippen LogP contribution in [0.1, 0.15) is 24.0 Å². The number of anilines is 1. The topological polar surface area (TPSA) is 58.2 Å². The molecule has 2 N–H and O–H groups in total. The second-order valence-electron chi connectivity index (χ2n) is 6.27. The van der Waals surface area contributed by atoms with E-state index in [0.717, 1.165) is 11.1 Å². The third kappa shape index (κ3) is 3.66. The lowest BCUT2D eigenvalue weighted by Crippen LogP contribution is -2.39. The van der Waals surface area contributed by atoms with Crippen molar-refractivity contribution in [1.82, 2.24) is 5.32 Å². The molecule has 0 radical (unpaired) electrons. The van der Waals surface area contributed by atoms with Crippen molar-refractivity contribution in [3.05, 3.63) is 64.4 Å². The van der Waals surface area contributed by atoms with E-state index in [1.165, 1.54) is 18.2 Å². The van der Waals surface area contributed by atoms with Crippen LogP contribution >= 0.6 is 11.6 Å². The monoisotopic (exact) mass is 360 g/mol. The van der Waals surface area contributed by atoms with Gasteiger partial charge in [0.2, 0.25) is 11.8 Å². The third-order valence-electron chi connectivity index (χ3n) is 4.50. The van der Waals surface area contributed by atoms with Gasteiger partial charge in [-0.1, -0.05) is 35.9 Å². The molecule has 0 heterocycles. The number of aryl methyl sites for hydroxylation is 1. The summed E-state index contributed by atoms with van der Waals surface area (Å²) in [7, 11) is 0. The summed E-state index contributed by atoms with van der Waals surface area (Å²) < 4.78 is 13.2. The van der Waals surface area contributed by atoms with Gasteiger partial charge in [-0.15, -0.1) is 0 Å². The second kappa shape index (κ2) is 6.84. The van der Waals surface area contributed by atoms with E-state index in [0.29, 0.717) is 25.1 Å². The fourth-order valence-electron chi connectivity index (χ4n) is 2.66. The van der Waals surface area contributed by atoms with Gasteiger partial charge in [-0.25, -0.2) is 4.39 Å². The minimum Gasteiger partial charge on any atom is -0.351 e. The Balaban J connectivity index is 1.64. The third-order valence-corrected chi connectivity index (χ3v) is 4.79. The maximum Gasteiger partial charge on any atom is 0.240 e. The fraction of sp³-hybridized carbons (Fsp3) is 0.263. The molecule has 0 aliphatic heterocycles. The van der Waals surface area contributed by atoms with Gasteiger partial charge in [0.1, 0.15) is 11.2 Å². The minimum absolute atomic E-state index is 0.0772. The zero-order valence-electron chi connectivity index (χ0n) is 13.7. The molecule has 1 aliphatic rings. The molecule has 0 bridgehead atoms. The number of carbonyl (C=O) groups is 2. The average Bonchev–Trinajstić information content (AvgIpc) is 3.39. The first-order valence-corrected chi connectivity index (χ1v) is 8.39. The van der Waals surface area contributed by atoms with E-state index >= 15 is 0 Å². The van der Waals surface area contributed by atoms with E-state index in [4.69, 9.17) is 11.6 Å². The van der Waals surface area contributed by atoms with E-state index in [1.807, 2.05) is 31.2 Å². The Morgan fingerprint density at radius 3 is 2.52 bits per heavy atom. The molecule has 2 aromatic carbocycles. The van der Waals surface area contributed by atoms with Crippen molar-refractivity contribution in [3.63, 3.8) is 0 Å². The zero-order valence-corrected chi connectivity index (χ0v) is 14.5. The predicted molar refractivity (Wildman–Crippen MR) is 94.7 cm³/mol. The van der Waals surface area contributed by atoms with Crippen LogP contribution in [-0.2, 0) is 16.1 Å². The van der Waals surface area contributed by atoms with Crippen LogP contribution in [0.2, 0.25) is 5.02 Å². The van der Waals surface area contributed by atoms with Gasteiger partial charge in [-0.2, -0.15) is 0 Å². The summed E-state index contributed by atoms with van der Waals surface area (Å²) in [6, 6.07) is 11.7. The molecular formula is C19H18ClFN2O2. The molecule has 0 aromatic heterocycles. The molecule has 0 atom stereocenters. The van der Waals surface area contributed by atoms with Crippen molar-refractivity contribution in [2.45, 2.75) is 26.3 Å². The second-order valence-corrected chi connectivity index (χ2v) is 6.68. The van der Waals surface area contributed by atoms with E-state index in [9.17, 15) is 14.0 Å². The van der Waals surface area contributed by atoms with Crippen molar-refractivity contribution in [1.29, 1.82) is 0 Å². The molecule has 0 saturated heterocycles. The molecule has 6 heteroatoms. The predicted octanol–water partition coefficient (Wildman–Crippen LogP) is 3.82. The normalized spacial score (nSPS) is 14.7. The Kier molecular flexibility index (Phi) is 4.77. The number of amides is 2. The van der Waals surface area contributed by atoms with Crippen molar-refractivity contribution in [3.8, 4) is 0 Å². The molecule has 4 nitrogen and oxygen atoms in total. The van der Waals surface area contributed by atoms with Crippen molar-refractivity contribution < 1.29 is 14.0 Å². The molecule has 2 aromatic rings. The minimum atomic E-state index is -1.05. The van der Waals surface area contributed by atoms with Crippen LogP contribution < -0.4 is 10.6 Å². The average molecular weight is 361 g/mol. The largest absolute Gasteiger partial charge is 0.351 e. The smallest absolute Gasteiger partial charge is 0.240 e. The fourth-order valence-corrected chi connectivity index (χ4v) is 2.84. The van der Waals surface area contributed by atoms with E-state index in [1.54, 1.807) is 0 Å². The molecule has 130 valence electrons. The van der Waals surface area contributed by atoms with Crippen molar-refractivity contribution in [2.75, 3.05) is 5.32 Å². The summed E-state index contributed by atoms with van der Waals surface area (Å²) in [5, 5.41) is 5.42. The molecule has 0 spiro atoms. The first-order chi connectivity index (χ1) is 11.9. The van der Waals surface area contributed by atoms with E-state index in [2.05, 4.69) is 10.6 Å². The lowest BCUT2D eigenvalue weighted by atomic mass is 10.0. The zero-order chi connectivity index (χ0) is 18.0. The molecule has 3 rings (SSSR count). The van der Waals surface area contributed by atoms with Gasteiger partial charge in [0.25, 0.3) is 0 Å². The van der Waals surface area contributed by atoms with Crippen LogP contribution in [0.25, 0.3) is 0 Å². The number of carbonyl (C=O) groups excluding carboxylic acids is 2. The molecule has 25 heavy (non-hydrogen) atoms. The van der Waals surface area contributed by atoms with Crippen LogP contribution in [0.3, 0.4) is 0 Å². The van der Waals surface area contributed by atoms with Crippen LogP contribution in [0.15, 0.2) is 42.5 Å². The highest BCUT2D eigenvalue weighted by molar-refractivity contribution is 6.31. The van der Waals surface area contributed by atoms with E-state index in [-0.39, 0.29) is 10.9 Å². The summed E-state index contributed by atoms with van der Waals surface area (Å²) >= 11 is 5.72. The first-order valence-electron chi connectivity index (χ1n) is 8.02. The van der Waals surface area contributed by atoms with Crippen LogP contribution in [0, 0.1) is 18.2 Å². The summed E-state index contributed by atoms with van der Waals surface area (Å²) in [4.78, 5) is 25.0.